The van der Waals surface area contributed by atoms with E-state index in [-0.39, 0.29) is 11.6 Å². The van der Waals surface area contributed by atoms with Crippen LogP contribution in [0.3, 0.4) is 0 Å². The Bertz CT molecular complexity index is 815. The molecule has 22 heavy (non-hydrogen) atoms. The first-order valence-corrected chi connectivity index (χ1v) is 6.54. The van der Waals surface area contributed by atoms with E-state index in [1.165, 1.54) is 6.07 Å². The fourth-order valence-corrected chi connectivity index (χ4v) is 2.01. The van der Waals surface area contributed by atoms with Crippen molar-refractivity contribution in [3.8, 4) is 11.5 Å². The Morgan fingerprint density at radius 1 is 1.18 bits per heavy atom. The van der Waals surface area contributed by atoms with Gasteiger partial charge in [-0.25, -0.2) is 0 Å². The van der Waals surface area contributed by atoms with Gasteiger partial charge >= 0.3 is 0 Å². The zero-order valence-corrected chi connectivity index (χ0v) is 11.7. The standard InChI is InChI=1S/C15H12N4O3/c1-10-16-15(22-18-10)11-7-8-13(14(9-11)19(20)21)17-12-5-3-2-4-6-12/h2-9,17H,1H3. The number of nitro groups is 1. The van der Waals surface area contributed by atoms with Gasteiger partial charge in [-0.05, 0) is 31.2 Å². The van der Waals surface area contributed by atoms with Crippen molar-refractivity contribution in [1.29, 1.82) is 0 Å². The SMILES string of the molecule is Cc1noc(-c2ccc(Nc3ccccc3)c([N+](=O)[O-])c2)n1. The molecule has 0 unspecified atom stereocenters. The van der Waals surface area contributed by atoms with Crippen molar-refractivity contribution < 1.29 is 9.45 Å². The first-order valence-electron chi connectivity index (χ1n) is 6.54. The van der Waals surface area contributed by atoms with E-state index in [4.69, 9.17) is 4.52 Å². The first-order chi connectivity index (χ1) is 10.6. The second-order valence-corrected chi connectivity index (χ2v) is 4.63. The van der Waals surface area contributed by atoms with Crippen molar-refractivity contribution in [3.63, 3.8) is 0 Å². The average Bonchev–Trinajstić information content (AvgIpc) is 2.95. The quantitative estimate of drug-likeness (QED) is 0.582. The number of aryl methyl sites for hydroxylation is 1. The molecule has 2 aromatic carbocycles. The highest BCUT2D eigenvalue weighted by molar-refractivity contribution is 5.74. The summed E-state index contributed by atoms with van der Waals surface area (Å²) in [5.41, 5.74) is 1.62. The van der Waals surface area contributed by atoms with Crippen molar-refractivity contribution >= 4 is 17.1 Å². The van der Waals surface area contributed by atoms with Crippen LogP contribution in [-0.2, 0) is 0 Å². The fourth-order valence-electron chi connectivity index (χ4n) is 2.01. The molecule has 0 saturated carbocycles. The van der Waals surface area contributed by atoms with Gasteiger partial charge in [0.05, 0.1) is 4.92 Å². The number of nitro benzene ring substituents is 1. The van der Waals surface area contributed by atoms with E-state index in [1.807, 2.05) is 30.3 Å². The Balaban J connectivity index is 1.99. The largest absolute Gasteiger partial charge is 0.350 e. The van der Waals surface area contributed by atoms with Gasteiger partial charge in [-0.15, -0.1) is 0 Å². The van der Waals surface area contributed by atoms with Gasteiger partial charge in [0.1, 0.15) is 5.69 Å². The van der Waals surface area contributed by atoms with E-state index >= 15 is 0 Å². The fraction of sp³-hybridized carbons (Fsp3) is 0.0667. The van der Waals surface area contributed by atoms with Crippen molar-refractivity contribution in [2.24, 2.45) is 0 Å². The molecule has 0 atom stereocenters. The Morgan fingerprint density at radius 3 is 2.59 bits per heavy atom. The highest BCUT2D eigenvalue weighted by atomic mass is 16.6. The number of nitrogens with zero attached hydrogens (tertiary/aromatic N) is 3. The van der Waals surface area contributed by atoms with E-state index in [1.54, 1.807) is 19.1 Å². The summed E-state index contributed by atoms with van der Waals surface area (Å²) in [5.74, 6) is 0.732. The molecule has 0 aliphatic carbocycles. The minimum absolute atomic E-state index is 0.0581. The summed E-state index contributed by atoms with van der Waals surface area (Å²) in [4.78, 5) is 14.9. The van der Waals surface area contributed by atoms with E-state index in [0.717, 1.165) is 5.69 Å². The molecule has 7 heteroatoms. The number of hydrogen-bond donors (Lipinski definition) is 1. The van der Waals surface area contributed by atoms with Crippen LogP contribution in [0.1, 0.15) is 5.82 Å². The van der Waals surface area contributed by atoms with Gasteiger partial charge in [0, 0.05) is 17.3 Å². The normalized spacial score (nSPS) is 10.4. The van der Waals surface area contributed by atoms with Crippen LogP contribution in [0.2, 0.25) is 0 Å². The Kier molecular flexibility index (Phi) is 3.53. The number of aromatic nitrogens is 2. The summed E-state index contributed by atoms with van der Waals surface area (Å²) in [5, 5.41) is 18.0. The molecular weight excluding hydrogens is 284 g/mol. The third kappa shape index (κ3) is 2.78. The van der Waals surface area contributed by atoms with E-state index in [0.29, 0.717) is 17.1 Å². The first kappa shape index (κ1) is 13.7. The summed E-state index contributed by atoms with van der Waals surface area (Å²) >= 11 is 0. The lowest BCUT2D eigenvalue weighted by molar-refractivity contribution is -0.383. The van der Waals surface area contributed by atoms with E-state index in [9.17, 15) is 10.1 Å². The lowest BCUT2D eigenvalue weighted by Crippen LogP contribution is -1.97. The molecular formula is C15H12N4O3. The molecule has 1 aromatic heterocycles. The zero-order valence-electron chi connectivity index (χ0n) is 11.7. The molecule has 0 saturated heterocycles. The van der Waals surface area contributed by atoms with Crippen molar-refractivity contribution in [1.82, 2.24) is 10.1 Å². The number of nitrogens with one attached hydrogen (secondary N) is 1. The van der Waals surface area contributed by atoms with Crippen LogP contribution in [0.15, 0.2) is 53.1 Å². The molecule has 0 bridgehead atoms. The lowest BCUT2D eigenvalue weighted by atomic mass is 10.1. The predicted octanol–water partition coefficient (Wildman–Crippen LogP) is 3.70. The van der Waals surface area contributed by atoms with Crippen molar-refractivity contribution in [2.75, 3.05) is 5.32 Å². The van der Waals surface area contributed by atoms with Gasteiger partial charge in [-0.2, -0.15) is 4.98 Å². The van der Waals surface area contributed by atoms with Crippen LogP contribution < -0.4 is 5.32 Å². The summed E-state index contributed by atoms with van der Waals surface area (Å²) in [7, 11) is 0. The van der Waals surface area contributed by atoms with Crippen LogP contribution in [0.4, 0.5) is 17.1 Å². The lowest BCUT2D eigenvalue weighted by Gasteiger charge is -2.07. The Labute approximate surface area is 125 Å². The maximum atomic E-state index is 11.3. The number of hydrogen-bond acceptors (Lipinski definition) is 6. The van der Waals surface area contributed by atoms with Crippen LogP contribution in [0.25, 0.3) is 11.5 Å². The molecule has 0 amide bonds. The van der Waals surface area contributed by atoms with Crippen LogP contribution in [0.5, 0.6) is 0 Å². The molecule has 0 spiro atoms. The Morgan fingerprint density at radius 2 is 1.95 bits per heavy atom. The van der Waals surface area contributed by atoms with Crippen LogP contribution >= 0.6 is 0 Å². The molecule has 110 valence electrons. The summed E-state index contributed by atoms with van der Waals surface area (Å²) in [6.07, 6.45) is 0. The topological polar surface area (TPSA) is 94.1 Å². The zero-order chi connectivity index (χ0) is 15.5. The average molecular weight is 296 g/mol. The molecule has 3 aromatic rings. The number of anilines is 2. The van der Waals surface area contributed by atoms with Crippen LogP contribution in [0, 0.1) is 17.0 Å². The predicted molar refractivity (Wildman–Crippen MR) is 80.9 cm³/mol. The number of para-hydroxylation sites is 1. The second-order valence-electron chi connectivity index (χ2n) is 4.63. The van der Waals surface area contributed by atoms with Gasteiger partial charge in [0.15, 0.2) is 5.82 Å². The van der Waals surface area contributed by atoms with Gasteiger partial charge in [0.25, 0.3) is 11.6 Å². The molecule has 0 aliphatic heterocycles. The number of benzene rings is 2. The molecule has 0 fully saturated rings. The molecule has 1 heterocycles. The highest BCUT2D eigenvalue weighted by Crippen LogP contribution is 2.31. The van der Waals surface area contributed by atoms with Gasteiger partial charge in [0.2, 0.25) is 0 Å². The minimum Gasteiger partial charge on any atom is -0.350 e. The van der Waals surface area contributed by atoms with Gasteiger partial charge < -0.3 is 9.84 Å². The molecule has 7 nitrogen and oxygen atoms in total. The minimum atomic E-state index is -0.446. The van der Waals surface area contributed by atoms with Crippen molar-refractivity contribution in [2.45, 2.75) is 6.92 Å². The summed E-state index contributed by atoms with van der Waals surface area (Å²) in [6.45, 7) is 1.69. The van der Waals surface area contributed by atoms with Gasteiger partial charge in [-0.1, -0.05) is 23.4 Å². The van der Waals surface area contributed by atoms with Gasteiger partial charge in [-0.3, -0.25) is 10.1 Å². The third-order valence-corrected chi connectivity index (χ3v) is 3.02. The van der Waals surface area contributed by atoms with E-state index in [2.05, 4.69) is 15.5 Å². The number of rotatable bonds is 4. The van der Waals surface area contributed by atoms with Crippen molar-refractivity contribution in [3.05, 3.63) is 64.5 Å². The Hall–Kier alpha value is -3.22. The smallest absolute Gasteiger partial charge is 0.293 e. The molecule has 0 aliphatic rings. The maximum absolute atomic E-state index is 11.3. The maximum Gasteiger partial charge on any atom is 0.293 e. The summed E-state index contributed by atoms with van der Waals surface area (Å²) < 4.78 is 5.04. The summed E-state index contributed by atoms with van der Waals surface area (Å²) in [6, 6.07) is 14.0. The molecule has 1 N–H and O–H groups in total. The monoisotopic (exact) mass is 296 g/mol. The van der Waals surface area contributed by atoms with Crippen LogP contribution in [-0.4, -0.2) is 15.1 Å². The van der Waals surface area contributed by atoms with E-state index < -0.39 is 4.92 Å². The third-order valence-electron chi connectivity index (χ3n) is 3.02. The molecule has 3 rings (SSSR count). The second kappa shape index (κ2) is 5.65. The molecule has 0 radical (unpaired) electrons. The highest BCUT2D eigenvalue weighted by Gasteiger charge is 2.17.